The maximum absolute atomic E-state index is 14.2. The van der Waals surface area contributed by atoms with Crippen molar-refractivity contribution < 1.29 is 65.8 Å². The number of β-lactam (4-membered cyclic amide) rings is 1. The van der Waals surface area contributed by atoms with Crippen LogP contribution >= 0.6 is 11.3 Å². The number of ether oxygens (including phenoxy) is 4. The highest BCUT2D eigenvalue weighted by Crippen LogP contribution is 2.45. The Balaban J connectivity index is 0.952. The smallest absolute Gasteiger partial charge is 0.378 e. The largest absolute Gasteiger partial charge is 0.541 e. The van der Waals surface area contributed by atoms with Crippen molar-refractivity contribution in [2.45, 2.75) is 70.2 Å². The number of pyridine rings is 1. The minimum absolute atomic E-state index is 0.0570. The molecule has 3 amide bonds. The quantitative estimate of drug-likeness (QED) is 0.0400. The van der Waals surface area contributed by atoms with E-state index in [1.165, 1.54) is 36.1 Å². The summed E-state index contributed by atoms with van der Waals surface area (Å²) >= 11 is 1.22. The Morgan fingerprint density at radius 2 is 1.66 bits per heavy atom. The van der Waals surface area contributed by atoms with Crippen LogP contribution in [0.15, 0.2) is 81.3 Å². The van der Waals surface area contributed by atoms with Crippen molar-refractivity contribution in [2.75, 3.05) is 59.8 Å². The predicted molar refractivity (Wildman–Crippen MR) is 270 cm³/mol. The monoisotopic (exact) mass is 1050 g/mol. The number of benzene rings is 2. The van der Waals surface area contributed by atoms with Crippen molar-refractivity contribution in [3.05, 3.63) is 109 Å². The summed E-state index contributed by atoms with van der Waals surface area (Å²) in [6, 6.07) is 12.6. The first-order valence-electron chi connectivity index (χ1n) is 23.6. The number of hydrogen-bond acceptors (Lipinski definition) is 17. The zero-order chi connectivity index (χ0) is 52.9. The summed E-state index contributed by atoms with van der Waals surface area (Å²) in [7, 11) is 13.3. The van der Waals surface area contributed by atoms with Crippen molar-refractivity contribution in [1.82, 2.24) is 25.1 Å². The van der Waals surface area contributed by atoms with Crippen LogP contribution in [0.4, 0.5) is 0 Å². The number of methoxy groups -OCH3 is 3. The van der Waals surface area contributed by atoms with Crippen LogP contribution in [0.2, 0.25) is 0 Å². The maximum atomic E-state index is 14.2. The summed E-state index contributed by atoms with van der Waals surface area (Å²) in [4.78, 5) is 91.7. The lowest BCUT2D eigenvalue weighted by atomic mass is 9.70. The third-order valence-corrected chi connectivity index (χ3v) is 16.5. The van der Waals surface area contributed by atoms with Crippen LogP contribution in [0.3, 0.4) is 0 Å². The SMILES string of the molecule is [B]OC(=O)C1=C(C[N+]23CCC(CNC(=O)c4cc(=O)c(OCc5ccc(OC)cc5)cn4Cc4ccc(OC)cc4OC)(CC2)CC3)CS(=O)[C@@H]2[C@H](NC(=O)/C(=N\O[C@@H](CC)C(=O)O[B])c3csc(C)n3)C(=O)N12. The first-order chi connectivity index (χ1) is 35.6. The molecule has 4 saturated heterocycles. The number of piperidine rings is 3. The molecule has 5 aliphatic heterocycles. The van der Waals surface area contributed by atoms with Gasteiger partial charge < -0.3 is 52.8 Å². The molecule has 4 aromatic rings. The van der Waals surface area contributed by atoms with E-state index >= 15 is 0 Å². The molecule has 2 N–H and O–H groups in total. The van der Waals surface area contributed by atoms with Crippen LogP contribution in [0.25, 0.3) is 0 Å². The van der Waals surface area contributed by atoms with E-state index in [0.717, 1.165) is 16.0 Å². The van der Waals surface area contributed by atoms with Crippen LogP contribution in [0.5, 0.6) is 23.0 Å². The lowest BCUT2D eigenvalue weighted by molar-refractivity contribution is -0.941. The molecule has 4 fully saturated rings. The fourth-order valence-corrected chi connectivity index (χ4v) is 12.1. The van der Waals surface area contributed by atoms with Gasteiger partial charge in [0.1, 0.15) is 58.9 Å². The van der Waals surface area contributed by atoms with Gasteiger partial charge >= 0.3 is 28.0 Å². The van der Waals surface area contributed by atoms with E-state index < -0.39 is 63.4 Å². The van der Waals surface area contributed by atoms with E-state index in [1.807, 2.05) is 18.2 Å². The lowest BCUT2D eigenvalue weighted by Gasteiger charge is -2.56. The average molecular weight is 1050 g/mol. The van der Waals surface area contributed by atoms with Gasteiger partial charge in [0.2, 0.25) is 11.5 Å². The molecule has 2 bridgehead atoms. The number of aryl methyl sites for hydroxylation is 1. The summed E-state index contributed by atoms with van der Waals surface area (Å²) in [5, 5.41) is 10.6. The number of carbonyl (C=O) groups excluding carboxylic acids is 5. The van der Waals surface area contributed by atoms with Gasteiger partial charge in [-0.1, -0.05) is 24.2 Å². The number of rotatable bonds is 21. The fourth-order valence-electron chi connectivity index (χ4n) is 9.82. The topological polar surface area (TPSA) is 242 Å². The highest BCUT2D eigenvalue weighted by atomic mass is 32.2. The normalized spacial score (nSPS) is 22.4. The van der Waals surface area contributed by atoms with E-state index in [9.17, 15) is 33.0 Å². The van der Waals surface area contributed by atoms with Gasteiger partial charge in [-0.2, -0.15) is 0 Å². The molecule has 4 radical (unpaired) electrons. The zero-order valence-electron chi connectivity index (χ0n) is 41.4. The first kappa shape index (κ1) is 53.3. The molecular formula is C49H54B2N7O14S2+. The molecule has 0 spiro atoms. The molecule has 74 heavy (non-hydrogen) atoms. The zero-order valence-corrected chi connectivity index (χ0v) is 43.0. The van der Waals surface area contributed by atoms with Gasteiger partial charge in [0, 0.05) is 59.9 Å². The van der Waals surface area contributed by atoms with Gasteiger partial charge in [-0.15, -0.1) is 11.3 Å². The Labute approximate surface area is 435 Å². The standard InChI is InChI=1S/C49H53B2N7O14S2/c1-6-37(47(63)70-50)72-55-40(34-25-73-28(2)53-34)44(61)54-41-45(62)57-42(48(64)71-51)31(26-74(65)46(41)57)23-58-16-13-49(14-17-58,15-18-58)27-52-43(60)35-20-36(59)39(69-24-29-7-10-32(66-3)11-8-29)22-56(35)21-30-9-12-33(67-4)19-38(30)68-5/h7-12,19-20,22,25,37,41,46H,6,13-18,21,23-24,26-27H2,1-5H3,(H-,52,54,60,61)/p+1/b55-40-/t37-,41+,46+,49?,58?,74?/m0/s1. The molecule has 25 heteroatoms. The second-order valence-corrected chi connectivity index (χ2v) is 21.1. The summed E-state index contributed by atoms with van der Waals surface area (Å²) in [5.74, 6) is -2.25. The number of nitrogens with one attached hydrogen (secondary N) is 2. The van der Waals surface area contributed by atoms with Crippen LogP contribution in [0.1, 0.15) is 64.9 Å². The molecule has 0 saturated carbocycles. The number of fused-ring (bicyclic) bond motifs is 4. The molecule has 1 unspecified atom stereocenters. The van der Waals surface area contributed by atoms with Crippen molar-refractivity contribution in [3.8, 4) is 23.0 Å². The van der Waals surface area contributed by atoms with E-state index in [2.05, 4.69) is 25.4 Å². The third-order valence-electron chi connectivity index (χ3n) is 14.1. The fraction of sp³-hybridized carbons (Fsp3) is 0.429. The second kappa shape index (κ2) is 22.6. The van der Waals surface area contributed by atoms with Gasteiger partial charge in [0.25, 0.3) is 17.7 Å². The molecule has 2 aromatic heterocycles. The minimum Gasteiger partial charge on any atom is -0.541 e. The molecule has 21 nitrogen and oxygen atoms in total. The first-order valence-corrected chi connectivity index (χ1v) is 25.9. The number of nitrogens with zero attached hydrogens (tertiary/aromatic N) is 5. The Kier molecular flexibility index (Phi) is 16.3. The number of amides is 3. The van der Waals surface area contributed by atoms with Gasteiger partial charge in [0.05, 0.1) is 75.3 Å². The number of quaternary nitrogens is 1. The Morgan fingerprint density at radius 3 is 2.28 bits per heavy atom. The van der Waals surface area contributed by atoms with E-state index in [4.69, 9.17) is 44.5 Å². The number of carbonyl (C=O) groups is 5. The van der Waals surface area contributed by atoms with Crippen molar-refractivity contribution in [3.63, 3.8) is 0 Å². The van der Waals surface area contributed by atoms with Gasteiger partial charge in [-0.25, -0.2) is 14.6 Å². The highest BCUT2D eigenvalue weighted by molar-refractivity contribution is 7.86. The number of thiazole rings is 1. The van der Waals surface area contributed by atoms with Crippen LogP contribution in [-0.2, 0) is 57.3 Å². The van der Waals surface area contributed by atoms with Crippen molar-refractivity contribution in [1.29, 1.82) is 0 Å². The van der Waals surface area contributed by atoms with Gasteiger partial charge in [-0.3, -0.25) is 28.3 Å². The number of hydrogen-bond donors (Lipinski definition) is 2. The lowest BCUT2D eigenvalue weighted by Crippen LogP contribution is -2.74. The van der Waals surface area contributed by atoms with Gasteiger partial charge in [-0.05, 0) is 43.2 Å². The summed E-state index contributed by atoms with van der Waals surface area (Å²) in [6.07, 6.45) is 2.49. The second-order valence-electron chi connectivity index (χ2n) is 18.5. The maximum Gasteiger partial charge on any atom is 0.378 e. The third kappa shape index (κ3) is 11.1. The van der Waals surface area contributed by atoms with Crippen LogP contribution in [0, 0.1) is 12.3 Å². The molecule has 0 aliphatic carbocycles. The average Bonchev–Trinajstić information content (AvgIpc) is 3.85. The molecule has 386 valence electrons. The molecular weight excluding hydrogens is 996 g/mol. The molecule has 4 atom stereocenters. The molecule has 7 heterocycles. The Bertz CT molecular complexity index is 2960. The van der Waals surface area contributed by atoms with Crippen molar-refractivity contribution in [2.24, 2.45) is 10.6 Å². The molecule has 9 rings (SSSR count). The van der Waals surface area contributed by atoms with E-state index in [0.29, 0.717) is 77.8 Å². The number of aromatic nitrogens is 2. The van der Waals surface area contributed by atoms with Crippen molar-refractivity contribution >= 4 is 73.6 Å². The van der Waals surface area contributed by atoms with E-state index in [-0.39, 0.29) is 65.8 Å². The summed E-state index contributed by atoms with van der Waals surface area (Å²) < 4.78 is 47.6. The van der Waals surface area contributed by atoms with Crippen LogP contribution in [-0.4, -0.2) is 152 Å². The summed E-state index contributed by atoms with van der Waals surface area (Å²) in [6.45, 7) is 6.14. The predicted octanol–water partition coefficient (Wildman–Crippen LogP) is 2.12. The van der Waals surface area contributed by atoms with Gasteiger partial charge in [0.15, 0.2) is 11.5 Å². The Morgan fingerprint density at radius 1 is 0.959 bits per heavy atom. The minimum atomic E-state index is -1.80. The molecule has 5 aliphatic rings. The molecule has 2 aromatic carbocycles. The highest BCUT2D eigenvalue weighted by Gasteiger charge is 2.59. The van der Waals surface area contributed by atoms with Crippen LogP contribution < -0.4 is 35.0 Å². The van der Waals surface area contributed by atoms with E-state index in [1.54, 1.807) is 56.9 Å². The number of oxime groups is 1. The summed E-state index contributed by atoms with van der Waals surface area (Å²) in [5.41, 5.74) is 0.971. The Hall–Kier alpha value is -6.98.